The van der Waals surface area contributed by atoms with E-state index in [9.17, 15) is 0 Å². The summed E-state index contributed by atoms with van der Waals surface area (Å²) in [4.78, 5) is 3.84. The van der Waals surface area contributed by atoms with Gasteiger partial charge in [-0.3, -0.25) is 0 Å². The first kappa shape index (κ1) is 11.6. The third-order valence-corrected chi connectivity index (χ3v) is 2.44. The molecule has 0 fully saturated rings. The Morgan fingerprint density at radius 3 is 2.71 bits per heavy atom. The van der Waals surface area contributed by atoms with Crippen LogP contribution in [0, 0.1) is 0 Å². The van der Waals surface area contributed by atoms with Gasteiger partial charge in [-0.1, -0.05) is 11.6 Å². The standard InChI is InChI=1S/C11H9BClN3O/c12-7-5-16-11(15)4-10(7)17-6-1-2-9(14)8(13)3-6/h1-5H,14H2,(H2,15,16). The van der Waals surface area contributed by atoms with Crippen LogP contribution in [0.2, 0.25) is 5.02 Å². The Kier molecular flexibility index (Phi) is 3.11. The van der Waals surface area contributed by atoms with Crippen LogP contribution in [-0.2, 0) is 0 Å². The first-order valence-electron chi connectivity index (χ1n) is 4.80. The number of hydrogen-bond donors (Lipinski definition) is 2. The van der Waals surface area contributed by atoms with Crippen LogP contribution in [-0.4, -0.2) is 12.8 Å². The molecule has 4 nitrogen and oxygen atoms in total. The van der Waals surface area contributed by atoms with Gasteiger partial charge in [-0.05, 0) is 17.6 Å². The third-order valence-electron chi connectivity index (χ3n) is 2.12. The van der Waals surface area contributed by atoms with E-state index in [0.29, 0.717) is 33.5 Å². The maximum absolute atomic E-state index is 5.88. The fourth-order valence-electron chi connectivity index (χ4n) is 1.25. The number of nitrogens with two attached hydrogens (primary N) is 2. The summed E-state index contributed by atoms with van der Waals surface area (Å²) in [7, 11) is 5.70. The second-order valence-electron chi connectivity index (χ2n) is 3.43. The van der Waals surface area contributed by atoms with Crippen molar-refractivity contribution < 1.29 is 4.74 Å². The molecular formula is C11H9BClN3O. The highest BCUT2D eigenvalue weighted by molar-refractivity contribution is 6.34. The molecule has 84 valence electrons. The number of pyridine rings is 1. The van der Waals surface area contributed by atoms with Gasteiger partial charge in [-0.25, -0.2) is 4.98 Å². The summed E-state index contributed by atoms with van der Waals surface area (Å²) >= 11 is 5.88. The molecule has 0 aliphatic heterocycles. The Labute approximate surface area is 105 Å². The molecule has 0 saturated carbocycles. The Morgan fingerprint density at radius 1 is 1.24 bits per heavy atom. The average molecular weight is 245 g/mol. The van der Waals surface area contributed by atoms with E-state index in [1.54, 1.807) is 24.3 Å². The fourth-order valence-corrected chi connectivity index (χ4v) is 1.42. The van der Waals surface area contributed by atoms with Gasteiger partial charge in [-0.15, -0.1) is 0 Å². The van der Waals surface area contributed by atoms with Crippen LogP contribution in [0.15, 0.2) is 30.5 Å². The lowest BCUT2D eigenvalue weighted by molar-refractivity contribution is 0.486. The van der Waals surface area contributed by atoms with Gasteiger partial charge in [0.15, 0.2) is 0 Å². The van der Waals surface area contributed by atoms with Crippen LogP contribution < -0.4 is 21.7 Å². The SMILES string of the molecule is [B]c1cnc(N)cc1Oc1ccc(N)c(Cl)c1. The largest absolute Gasteiger partial charge is 0.458 e. The number of nitrogens with zero attached hydrogens (tertiary/aromatic N) is 1. The zero-order valence-electron chi connectivity index (χ0n) is 8.85. The van der Waals surface area contributed by atoms with Gasteiger partial charge in [0.25, 0.3) is 0 Å². The second kappa shape index (κ2) is 4.55. The van der Waals surface area contributed by atoms with E-state index in [0.717, 1.165) is 0 Å². The molecule has 2 radical (unpaired) electrons. The molecule has 1 heterocycles. The number of hydrogen-bond acceptors (Lipinski definition) is 4. The summed E-state index contributed by atoms with van der Waals surface area (Å²) in [5.74, 6) is 1.29. The average Bonchev–Trinajstić information content (AvgIpc) is 2.29. The lowest BCUT2D eigenvalue weighted by atomic mass is 9.97. The summed E-state index contributed by atoms with van der Waals surface area (Å²) in [6, 6.07) is 6.49. The van der Waals surface area contributed by atoms with Crippen molar-refractivity contribution in [3.63, 3.8) is 0 Å². The normalized spacial score (nSPS) is 10.2. The van der Waals surface area contributed by atoms with Crippen molar-refractivity contribution in [1.29, 1.82) is 0 Å². The van der Waals surface area contributed by atoms with Crippen molar-refractivity contribution in [2.75, 3.05) is 11.5 Å². The van der Waals surface area contributed by atoms with Gasteiger partial charge in [0.1, 0.15) is 25.2 Å². The number of ether oxygens (including phenoxy) is 1. The van der Waals surface area contributed by atoms with Crippen molar-refractivity contribution in [2.24, 2.45) is 0 Å². The third kappa shape index (κ3) is 2.63. The Morgan fingerprint density at radius 2 is 2.00 bits per heavy atom. The summed E-state index contributed by atoms with van der Waals surface area (Å²) in [5.41, 5.74) is 12.0. The minimum Gasteiger partial charge on any atom is -0.458 e. The molecular weight excluding hydrogens is 236 g/mol. The van der Waals surface area contributed by atoms with Gasteiger partial charge in [-0.2, -0.15) is 0 Å². The fraction of sp³-hybridized carbons (Fsp3) is 0. The number of nitrogen functional groups attached to an aromatic ring is 2. The number of aromatic nitrogens is 1. The highest BCUT2D eigenvalue weighted by Crippen LogP contribution is 2.27. The molecule has 0 unspecified atom stereocenters. The first-order valence-corrected chi connectivity index (χ1v) is 5.18. The summed E-state index contributed by atoms with van der Waals surface area (Å²) in [5, 5.41) is 0.420. The number of rotatable bonds is 2. The van der Waals surface area contributed by atoms with E-state index in [1.165, 1.54) is 6.20 Å². The summed E-state index contributed by atoms with van der Waals surface area (Å²) < 4.78 is 5.54. The second-order valence-corrected chi connectivity index (χ2v) is 3.84. The first-order chi connectivity index (χ1) is 8.06. The van der Waals surface area contributed by atoms with E-state index in [4.69, 9.17) is 35.7 Å². The molecule has 0 atom stereocenters. The highest BCUT2D eigenvalue weighted by Gasteiger charge is 2.04. The van der Waals surface area contributed by atoms with Crippen LogP contribution in [0.3, 0.4) is 0 Å². The Bertz CT molecular complexity index is 562. The molecule has 1 aromatic carbocycles. The quantitative estimate of drug-likeness (QED) is 0.621. The summed E-state index contributed by atoms with van der Waals surface area (Å²) in [6.07, 6.45) is 1.43. The molecule has 0 aliphatic rings. The van der Waals surface area contributed by atoms with E-state index < -0.39 is 0 Å². The lowest BCUT2D eigenvalue weighted by Crippen LogP contribution is -2.09. The molecule has 17 heavy (non-hydrogen) atoms. The molecule has 2 rings (SSSR count). The lowest BCUT2D eigenvalue weighted by Gasteiger charge is -2.10. The molecule has 0 bridgehead atoms. The molecule has 1 aromatic heterocycles. The zero-order chi connectivity index (χ0) is 12.4. The molecule has 0 amide bonds. The van der Waals surface area contributed by atoms with Crippen molar-refractivity contribution >= 4 is 36.4 Å². The van der Waals surface area contributed by atoms with E-state index in [1.807, 2.05) is 0 Å². The molecule has 6 heteroatoms. The minimum atomic E-state index is 0.329. The molecule has 2 aromatic rings. The van der Waals surface area contributed by atoms with E-state index in [2.05, 4.69) is 4.98 Å². The topological polar surface area (TPSA) is 74.2 Å². The molecule has 0 spiro atoms. The number of benzene rings is 1. The minimum absolute atomic E-state index is 0.329. The Hall–Kier alpha value is -1.88. The highest BCUT2D eigenvalue weighted by atomic mass is 35.5. The van der Waals surface area contributed by atoms with Gasteiger partial charge >= 0.3 is 0 Å². The number of anilines is 2. The van der Waals surface area contributed by atoms with Crippen LogP contribution in [0.25, 0.3) is 0 Å². The maximum Gasteiger partial charge on any atom is 0.129 e. The van der Waals surface area contributed by atoms with Gasteiger partial charge in [0.05, 0.1) is 10.7 Å². The number of halogens is 1. The van der Waals surface area contributed by atoms with Crippen LogP contribution in [0.5, 0.6) is 11.5 Å². The van der Waals surface area contributed by atoms with Crippen molar-refractivity contribution in [3.8, 4) is 11.5 Å². The van der Waals surface area contributed by atoms with Crippen molar-refractivity contribution in [3.05, 3.63) is 35.5 Å². The van der Waals surface area contributed by atoms with Crippen molar-refractivity contribution in [1.82, 2.24) is 4.98 Å². The summed E-state index contributed by atoms with van der Waals surface area (Å²) in [6.45, 7) is 0. The Balaban J connectivity index is 2.31. The predicted molar refractivity (Wildman–Crippen MR) is 70.0 cm³/mol. The zero-order valence-corrected chi connectivity index (χ0v) is 9.61. The monoisotopic (exact) mass is 245 g/mol. The molecule has 0 aliphatic carbocycles. The smallest absolute Gasteiger partial charge is 0.129 e. The van der Waals surface area contributed by atoms with Gasteiger partial charge in [0.2, 0.25) is 0 Å². The molecule has 0 saturated heterocycles. The van der Waals surface area contributed by atoms with Gasteiger partial charge < -0.3 is 16.2 Å². The maximum atomic E-state index is 5.88. The van der Waals surface area contributed by atoms with E-state index in [-0.39, 0.29) is 0 Å². The van der Waals surface area contributed by atoms with Gasteiger partial charge in [0, 0.05) is 18.3 Å². The molecule has 4 N–H and O–H groups in total. The van der Waals surface area contributed by atoms with E-state index >= 15 is 0 Å². The predicted octanol–water partition coefficient (Wildman–Crippen LogP) is 1.49. The van der Waals surface area contributed by atoms with Crippen LogP contribution in [0.4, 0.5) is 11.5 Å². The van der Waals surface area contributed by atoms with Crippen LogP contribution >= 0.6 is 11.6 Å². The van der Waals surface area contributed by atoms with Crippen molar-refractivity contribution in [2.45, 2.75) is 0 Å². The van der Waals surface area contributed by atoms with Crippen LogP contribution in [0.1, 0.15) is 0 Å².